The van der Waals surface area contributed by atoms with Crippen molar-refractivity contribution in [1.29, 1.82) is 0 Å². The van der Waals surface area contributed by atoms with Crippen LogP contribution in [0.3, 0.4) is 0 Å². The smallest absolute Gasteiger partial charge is 0.309 e. The van der Waals surface area contributed by atoms with Crippen LogP contribution in [-0.4, -0.2) is 7.05 Å². The maximum atomic E-state index is 13.1. The summed E-state index contributed by atoms with van der Waals surface area (Å²) in [7, 11) is 1.64. The van der Waals surface area contributed by atoms with Crippen LogP contribution in [0.5, 0.6) is 0 Å². The Bertz CT molecular complexity index is 587. The molecular weight excluding hydrogens is 307 g/mol. The molecule has 0 aliphatic carbocycles. The molecule has 1 nitrogen and oxygen atoms in total. The topological polar surface area (TPSA) is 12.0 Å². The van der Waals surface area contributed by atoms with Gasteiger partial charge in [0.15, 0.2) is 0 Å². The number of hydrogen-bond donors (Lipinski definition) is 1. The van der Waals surface area contributed by atoms with Crippen LogP contribution in [-0.2, 0) is 6.18 Å². The fraction of sp³-hybridized carbons (Fsp3) is 0.286. The fourth-order valence-electron chi connectivity index (χ4n) is 2.08. The van der Waals surface area contributed by atoms with Gasteiger partial charge < -0.3 is 5.32 Å². The van der Waals surface area contributed by atoms with Crippen molar-refractivity contribution in [3.05, 3.63) is 56.2 Å². The summed E-state index contributed by atoms with van der Waals surface area (Å²) >= 11 is 7.31. The summed E-state index contributed by atoms with van der Waals surface area (Å²) in [4.78, 5) is 0.770. The minimum absolute atomic E-state index is 0.209. The number of nitrogens with one attached hydrogen (secondary N) is 1. The molecule has 1 heterocycles. The van der Waals surface area contributed by atoms with Crippen molar-refractivity contribution < 1.29 is 13.2 Å². The van der Waals surface area contributed by atoms with E-state index in [0.29, 0.717) is 4.34 Å². The third kappa shape index (κ3) is 3.00. The van der Waals surface area contributed by atoms with E-state index in [1.54, 1.807) is 13.1 Å². The molecule has 1 N–H and O–H groups in total. The normalized spacial score (nSPS) is 13.5. The molecule has 0 radical (unpaired) electrons. The van der Waals surface area contributed by atoms with E-state index < -0.39 is 17.8 Å². The standard InChI is InChI=1S/C14H13ClF3NS/c1-8-7-11(20-13(8)15)12(19-2)9-5-3-4-6-10(9)14(16,17)18/h3-7,12,19H,1-2H3. The van der Waals surface area contributed by atoms with Crippen molar-refractivity contribution in [1.82, 2.24) is 5.32 Å². The number of rotatable bonds is 3. The molecule has 1 atom stereocenters. The third-order valence-electron chi connectivity index (χ3n) is 3.03. The number of alkyl halides is 3. The first-order chi connectivity index (χ1) is 9.34. The van der Waals surface area contributed by atoms with E-state index in [1.165, 1.54) is 23.5 Å². The predicted octanol–water partition coefficient (Wildman–Crippen LogP) is 5.04. The Morgan fingerprint density at radius 3 is 2.40 bits per heavy atom. The second-order valence-electron chi connectivity index (χ2n) is 4.41. The second-order valence-corrected chi connectivity index (χ2v) is 6.10. The van der Waals surface area contributed by atoms with E-state index in [-0.39, 0.29) is 5.56 Å². The van der Waals surface area contributed by atoms with Gasteiger partial charge in [0.25, 0.3) is 0 Å². The lowest BCUT2D eigenvalue weighted by molar-refractivity contribution is -0.138. The molecule has 0 amide bonds. The highest BCUT2D eigenvalue weighted by atomic mass is 35.5. The van der Waals surface area contributed by atoms with E-state index in [0.717, 1.165) is 16.5 Å². The molecule has 2 rings (SSSR count). The molecule has 0 fully saturated rings. The Kier molecular flexibility index (Phi) is 4.42. The first-order valence-corrected chi connectivity index (χ1v) is 7.13. The Balaban J connectivity index is 2.53. The zero-order chi connectivity index (χ0) is 14.9. The van der Waals surface area contributed by atoms with Gasteiger partial charge in [-0.25, -0.2) is 0 Å². The van der Waals surface area contributed by atoms with Gasteiger partial charge in [-0.05, 0) is 37.2 Å². The molecule has 1 aromatic heterocycles. The van der Waals surface area contributed by atoms with Gasteiger partial charge in [-0.1, -0.05) is 29.8 Å². The van der Waals surface area contributed by atoms with Gasteiger partial charge in [0.2, 0.25) is 0 Å². The first kappa shape index (κ1) is 15.4. The molecular formula is C14H13ClF3NS. The summed E-state index contributed by atoms with van der Waals surface area (Å²) in [5, 5.41) is 2.94. The van der Waals surface area contributed by atoms with Crippen LogP contribution in [0.4, 0.5) is 13.2 Å². The molecule has 2 aromatic rings. The summed E-state index contributed by atoms with van der Waals surface area (Å²) in [5.74, 6) is 0. The lowest BCUT2D eigenvalue weighted by atomic mass is 9.98. The molecule has 0 saturated carbocycles. The largest absolute Gasteiger partial charge is 0.416 e. The van der Waals surface area contributed by atoms with Crippen molar-refractivity contribution in [2.24, 2.45) is 0 Å². The molecule has 20 heavy (non-hydrogen) atoms. The van der Waals surface area contributed by atoms with Gasteiger partial charge >= 0.3 is 6.18 Å². The van der Waals surface area contributed by atoms with Gasteiger partial charge in [-0.15, -0.1) is 11.3 Å². The minimum Gasteiger partial charge on any atom is -0.309 e. The summed E-state index contributed by atoms with van der Waals surface area (Å²) in [6, 6.07) is 6.89. The van der Waals surface area contributed by atoms with E-state index in [4.69, 9.17) is 11.6 Å². The van der Waals surface area contributed by atoms with Crippen molar-refractivity contribution in [3.63, 3.8) is 0 Å². The Morgan fingerprint density at radius 1 is 1.25 bits per heavy atom. The molecule has 108 valence electrons. The lowest BCUT2D eigenvalue weighted by Gasteiger charge is -2.20. The summed E-state index contributed by atoms with van der Waals surface area (Å²) < 4.78 is 39.9. The Morgan fingerprint density at radius 2 is 1.90 bits per heavy atom. The summed E-state index contributed by atoms with van der Waals surface area (Å²) in [6.07, 6.45) is -4.37. The third-order valence-corrected chi connectivity index (χ3v) is 4.65. The molecule has 1 unspecified atom stereocenters. The van der Waals surface area contributed by atoms with Crippen LogP contribution in [0.2, 0.25) is 4.34 Å². The van der Waals surface area contributed by atoms with E-state index >= 15 is 0 Å². The molecule has 0 saturated heterocycles. The minimum atomic E-state index is -4.37. The maximum Gasteiger partial charge on any atom is 0.416 e. The molecule has 0 aliphatic heterocycles. The van der Waals surface area contributed by atoms with Gasteiger partial charge in [0, 0.05) is 4.88 Å². The van der Waals surface area contributed by atoms with Crippen molar-refractivity contribution in [2.45, 2.75) is 19.1 Å². The fourth-order valence-corrected chi connectivity index (χ4v) is 3.43. The van der Waals surface area contributed by atoms with Crippen LogP contribution in [0, 0.1) is 6.92 Å². The first-order valence-electron chi connectivity index (χ1n) is 5.93. The average Bonchev–Trinajstić information content (AvgIpc) is 2.70. The summed E-state index contributed by atoms with van der Waals surface area (Å²) in [6.45, 7) is 1.84. The SMILES string of the molecule is CNC(c1cc(C)c(Cl)s1)c1ccccc1C(F)(F)F. The number of hydrogen-bond acceptors (Lipinski definition) is 2. The zero-order valence-electron chi connectivity index (χ0n) is 10.9. The molecule has 0 bridgehead atoms. The van der Waals surface area contributed by atoms with E-state index in [2.05, 4.69) is 5.32 Å². The van der Waals surface area contributed by atoms with Gasteiger partial charge in [0.05, 0.1) is 15.9 Å². The van der Waals surface area contributed by atoms with E-state index in [1.807, 2.05) is 13.0 Å². The zero-order valence-corrected chi connectivity index (χ0v) is 12.5. The van der Waals surface area contributed by atoms with Crippen molar-refractivity contribution >= 4 is 22.9 Å². The molecule has 0 spiro atoms. The molecule has 0 aliphatic rings. The lowest BCUT2D eigenvalue weighted by Crippen LogP contribution is -2.21. The van der Waals surface area contributed by atoms with Crippen LogP contribution in [0.1, 0.15) is 27.6 Å². The highest BCUT2D eigenvalue weighted by Gasteiger charge is 2.35. The number of halogens is 4. The second kappa shape index (κ2) is 5.76. The van der Waals surface area contributed by atoms with Crippen LogP contribution < -0.4 is 5.32 Å². The Hall–Kier alpha value is -1.04. The molecule has 1 aromatic carbocycles. The Labute approximate surface area is 124 Å². The van der Waals surface area contributed by atoms with Crippen molar-refractivity contribution in [3.8, 4) is 0 Å². The van der Waals surface area contributed by atoms with Crippen LogP contribution in [0.25, 0.3) is 0 Å². The highest BCUT2D eigenvalue weighted by Crippen LogP contribution is 2.39. The van der Waals surface area contributed by atoms with Gasteiger partial charge in [-0.2, -0.15) is 13.2 Å². The summed E-state index contributed by atoms with van der Waals surface area (Å²) in [5.41, 5.74) is 0.457. The van der Waals surface area contributed by atoms with E-state index in [9.17, 15) is 13.2 Å². The quantitative estimate of drug-likeness (QED) is 0.836. The monoisotopic (exact) mass is 319 g/mol. The van der Waals surface area contributed by atoms with Gasteiger partial charge in [0.1, 0.15) is 0 Å². The number of aryl methyl sites for hydroxylation is 1. The predicted molar refractivity (Wildman–Crippen MR) is 76.4 cm³/mol. The molecule has 6 heteroatoms. The average molecular weight is 320 g/mol. The van der Waals surface area contributed by atoms with Crippen molar-refractivity contribution in [2.75, 3.05) is 7.05 Å². The number of benzene rings is 1. The van der Waals surface area contributed by atoms with Gasteiger partial charge in [-0.3, -0.25) is 0 Å². The van der Waals surface area contributed by atoms with Crippen LogP contribution in [0.15, 0.2) is 30.3 Å². The maximum absolute atomic E-state index is 13.1. The highest BCUT2D eigenvalue weighted by molar-refractivity contribution is 7.16. The number of thiophene rings is 1. The van der Waals surface area contributed by atoms with Crippen LogP contribution >= 0.6 is 22.9 Å².